The Kier molecular flexibility index (Phi) is 4.55. The van der Waals surface area contributed by atoms with Gasteiger partial charge in [-0.15, -0.1) is 0 Å². The second-order valence-corrected chi connectivity index (χ2v) is 6.67. The molecular weight excluding hydrogens is 323 g/mol. The van der Waals surface area contributed by atoms with Crippen LogP contribution >= 0.6 is 0 Å². The van der Waals surface area contributed by atoms with Crippen LogP contribution in [-0.4, -0.2) is 54.6 Å². The van der Waals surface area contributed by atoms with E-state index < -0.39 is 5.82 Å². The van der Waals surface area contributed by atoms with Crippen molar-refractivity contribution in [2.45, 2.75) is 12.6 Å². The number of hydrogen-bond acceptors (Lipinski definition) is 4. The van der Waals surface area contributed by atoms with Crippen LogP contribution in [0.25, 0.3) is 0 Å². The number of hydrogen-bond donors (Lipinski definition) is 0. The van der Waals surface area contributed by atoms with E-state index in [1.807, 2.05) is 12.1 Å². The molecule has 6 heteroatoms. The van der Waals surface area contributed by atoms with Gasteiger partial charge in [-0.2, -0.15) is 0 Å². The highest BCUT2D eigenvalue weighted by atomic mass is 19.1. The molecule has 5 nitrogen and oxygen atoms in total. The summed E-state index contributed by atoms with van der Waals surface area (Å²) in [6, 6.07) is 9.99. The third kappa shape index (κ3) is 3.45. The van der Waals surface area contributed by atoms with Gasteiger partial charge in [0, 0.05) is 32.1 Å². The fourth-order valence-electron chi connectivity index (χ4n) is 3.70. The van der Waals surface area contributed by atoms with Gasteiger partial charge < -0.3 is 14.1 Å². The first-order chi connectivity index (χ1) is 12.2. The fraction of sp³-hybridized carbons (Fsp3) is 0.421. The molecule has 0 bridgehead atoms. The van der Waals surface area contributed by atoms with Crippen LogP contribution in [-0.2, 0) is 11.3 Å². The zero-order valence-corrected chi connectivity index (χ0v) is 13.9. The predicted octanol–water partition coefficient (Wildman–Crippen LogP) is 2.39. The van der Waals surface area contributed by atoms with Crippen molar-refractivity contribution in [3.8, 4) is 0 Å². The van der Waals surface area contributed by atoms with Crippen molar-refractivity contribution in [2.75, 3.05) is 32.8 Å². The number of carbonyl (C=O) groups excluding carboxylic acids is 1. The van der Waals surface area contributed by atoms with Crippen molar-refractivity contribution in [2.24, 2.45) is 5.92 Å². The molecule has 2 fully saturated rings. The van der Waals surface area contributed by atoms with Gasteiger partial charge in [-0.25, -0.2) is 4.39 Å². The second-order valence-electron chi connectivity index (χ2n) is 6.67. The van der Waals surface area contributed by atoms with Crippen molar-refractivity contribution >= 4 is 5.91 Å². The number of halogens is 1. The number of fused-ring (bicyclic) bond motifs is 1. The van der Waals surface area contributed by atoms with E-state index in [0.29, 0.717) is 19.7 Å². The molecule has 2 aromatic rings. The lowest BCUT2D eigenvalue weighted by Gasteiger charge is -2.22. The van der Waals surface area contributed by atoms with E-state index in [4.69, 9.17) is 9.15 Å². The van der Waals surface area contributed by atoms with Crippen molar-refractivity contribution in [3.63, 3.8) is 0 Å². The maximum Gasteiger partial charge on any atom is 0.256 e. The molecule has 3 heterocycles. The first-order valence-electron chi connectivity index (χ1n) is 8.61. The molecule has 0 radical (unpaired) electrons. The Morgan fingerprint density at radius 1 is 1.16 bits per heavy atom. The number of nitrogens with zero attached hydrogens (tertiary/aromatic N) is 2. The number of rotatable bonds is 3. The van der Waals surface area contributed by atoms with Crippen LogP contribution < -0.4 is 0 Å². The Morgan fingerprint density at radius 2 is 2.04 bits per heavy atom. The lowest BCUT2D eigenvalue weighted by atomic mass is 10.1. The Hall–Kier alpha value is -2.18. The minimum absolute atomic E-state index is 0.0114. The van der Waals surface area contributed by atoms with E-state index in [1.165, 1.54) is 12.1 Å². The van der Waals surface area contributed by atoms with E-state index in [0.717, 1.165) is 25.4 Å². The van der Waals surface area contributed by atoms with Gasteiger partial charge in [0.15, 0.2) is 0 Å². The number of furan rings is 1. The van der Waals surface area contributed by atoms with E-state index in [9.17, 15) is 9.18 Å². The van der Waals surface area contributed by atoms with Crippen LogP contribution in [0.15, 0.2) is 47.1 Å². The van der Waals surface area contributed by atoms with Gasteiger partial charge in [-0.05, 0) is 24.3 Å². The van der Waals surface area contributed by atoms with E-state index in [1.54, 1.807) is 23.3 Å². The van der Waals surface area contributed by atoms with Crippen LogP contribution in [0.4, 0.5) is 4.39 Å². The number of amides is 1. The zero-order chi connectivity index (χ0) is 17.2. The Balaban J connectivity index is 1.43. The molecule has 0 aliphatic carbocycles. The third-order valence-electron chi connectivity index (χ3n) is 4.96. The summed E-state index contributed by atoms with van der Waals surface area (Å²) in [6.45, 7) is 4.16. The largest absolute Gasteiger partial charge is 0.468 e. The predicted molar refractivity (Wildman–Crippen MR) is 89.5 cm³/mol. The highest BCUT2D eigenvalue weighted by Crippen LogP contribution is 2.26. The van der Waals surface area contributed by atoms with E-state index in [2.05, 4.69) is 4.90 Å². The molecule has 0 spiro atoms. The van der Waals surface area contributed by atoms with Crippen LogP contribution in [0.5, 0.6) is 0 Å². The van der Waals surface area contributed by atoms with Crippen molar-refractivity contribution in [3.05, 3.63) is 59.8 Å². The standard InChI is InChI=1S/C19H21FN2O3/c20-17-6-2-1-5-16(17)19(23)22-11-14-10-21(7-9-25-18(14)13-22)12-15-4-3-8-24-15/h1-6,8,14,18H,7,9-13H2/t14-,18+/m1/s1. The highest BCUT2D eigenvalue weighted by molar-refractivity contribution is 5.94. The van der Waals surface area contributed by atoms with Crippen molar-refractivity contribution < 1.29 is 18.3 Å². The smallest absolute Gasteiger partial charge is 0.256 e. The molecule has 4 rings (SSSR count). The molecule has 25 heavy (non-hydrogen) atoms. The minimum atomic E-state index is -0.472. The van der Waals surface area contributed by atoms with Gasteiger partial charge in [0.1, 0.15) is 11.6 Å². The summed E-state index contributed by atoms with van der Waals surface area (Å²) in [5.41, 5.74) is 0.131. The molecule has 1 aromatic heterocycles. The van der Waals surface area contributed by atoms with Crippen molar-refractivity contribution in [1.82, 2.24) is 9.80 Å². The fourth-order valence-corrected chi connectivity index (χ4v) is 3.70. The normalized spacial score (nSPS) is 24.1. The lowest BCUT2D eigenvalue weighted by molar-refractivity contribution is 0.0481. The summed E-state index contributed by atoms with van der Waals surface area (Å²) in [6.07, 6.45) is 1.69. The molecule has 1 amide bonds. The maximum atomic E-state index is 13.9. The van der Waals surface area contributed by atoms with Gasteiger partial charge >= 0.3 is 0 Å². The third-order valence-corrected chi connectivity index (χ3v) is 4.96. The summed E-state index contributed by atoms with van der Waals surface area (Å²) in [5.74, 6) is 0.427. The number of benzene rings is 1. The van der Waals surface area contributed by atoms with Crippen LogP contribution in [0, 0.1) is 11.7 Å². The molecule has 0 saturated carbocycles. The molecule has 2 saturated heterocycles. The topological polar surface area (TPSA) is 45.9 Å². The highest BCUT2D eigenvalue weighted by Gasteiger charge is 2.39. The van der Waals surface area contributed by atoms with Crippen LogP contribution in [0.3, 0.4) is 0 Å². The molecule has 132 valence electrons. The Morgan fingerprint density at radius 3 is 2.84 bits per heavy atom. The molecule has 2 atom stereocenters. The van der Waals surface area contributed by atoms with Crippen molar-refractivity contribution in [1.29, 1.82) is 0 Å². The van der Waals surface area contributed by atoms with Crippen LogP contribution in [0.2, 0.25) is 0 Å². The van der Waals surface area contributed by atoms with Gasteiger partial charge in [-0.1, -0.05) is 12.1 Å². The monoisotopic (exact) mass is 344 g/mol. The molecule has 0 N–H and O–H groups in total. The molecule has 1 aromatic carbocycles. The van der Waals surface area contributed by atoms with Gasteiger partial charge in [0.05, 0.1) is 31.1 Å². The Labute approximate surface area is 146 Å². The van der Waals surface area contributed by atoms with Gasteiger partial charge in [-0.3, -0.25) is 9.69 Å². The zero-order valence-electron chi connectivity index (χ0n) is 13.9. The first kappa shape index (κ1) is 16.3. The summed E-state index contributed by atoms with van der Waals surface area (Å²) in [5, 5.41) is 0. The lowest BCUT2D eigenvalue weighted by Crippen LogP contribution is -2.34. The summed E-state index contributed by atoms with van der Waals surface area (Å²) < 4.78 is 25.3. The Bertz CT molecular complexity index is 734. The molecular formula is C19H21FN2O3. The second kappa shape index (κ2) is 6.98. The summed E-state index contributed by atoms with van der Waals surface area (Å²) in [7, 11) is 0. The summed E-state index contributed by atoms with van der Waals surface area (Å²) >= 11 is 0. The first-order valence-corrected chi connectivity index (χ1v) is 8.61. The molecule has 0 unspecified atom stereocenters. The number of ether oxygens (including phenoxy) is 1. The average Bonchev–Trinajstić information content (AvgIpc) is 3.21. The minimum Gasteiger partial charge on any atom is -0.468 e. The molecule has 2 aliphatic rings. The number of carbonyl (C=O) groups is 1. The SMILES string of the molecule is O=C(c1ccccc1F)N1C[C@H]2CN(Cc3ccco3)CCO[C@H]2C1. The number of likely N-dealkylation sites (tertiary alicyclic amines) is 1. The molecule has 2 aliphatic heterocycles. The van der Waals surface area contributed by atoms with Gasteiger partial charge in [0.2, 0.25) is 0 Å². The van der Waals surface area contributed by atoms with Crippen LogP contribution in [0.1, 0.15) is 16.1 Å². The average molecular weight is 344 g/mol. The van der Waals surface area contributed by atoms with E-state index in [-0.39, 0.29) is 23.5 Å². The summed E-state index contributed by atoms with van der Waals surface area (Å²) in [4.78, 5) is 16.6. The van der Waals surface area contributed by atoms with Gasteiger partial charge in [0.25, 0.3) is 5.91 Å². The maximum absolute atomic E-state index is 13.9. The van der Waals surface area contributed by atoms with E-state index >= 15 is 0 Å². The quantitative estimate of drug-likeness (QED) is 0.858.